The van der Waals surface area contributed by atoms with Crippen LogP contribution < -0.4 is 11.2 Å². The fourth-order valence-electron chi connectivity index (χ4n) is 2.91. The Bertz CT molecular complexity index is 574. The summed E-state index contributed by atoms with van der Waals surface area (Å²) >= 11 is 0. The topological polar surface area (TPSA) is 64.1 Å². The summed E-state index contributed by atoms with van der Waals surface area (Å²) in [6, 6.07) is 0. The fraction of sp³-hybridized carbons (Fsp3) is 0.692. The van der Waals surface area contributed by atoms with E-state index in [1.165, 1.54) is 0 Å². The molecule has 2 atom stereocenters. The van der Waals surface area contributed by atoms with E-state index < -0.39 is 23.3 Å². The van der Waals surface area contributed by atoms with Crippen LogP contribution in [0, 0.1) is 11.7 Å². The molecule has 0 radical (unpaired) electrons. The van der Waals surface area contributed by atoms with Gasteiger partial charge in [0.05, 0.1) is 11.8 Å². The lowest BCUT2D eigenvalue weighted by molar-refractivity contribution is -0.0892. The molecule has 1 aromatic heterocycles. The van der Waals surface area contributed by atoms with Gasteiger partial charge in [0.15, 0.2) is 0 Å². The van der Waals surface area contributed by atoms with Crippen molar-refractivity contribution in [1.29, 1.82) is 0 Å². The van der Waals surface area contributed by atoms with Crippen molar-refractivity contribution in [3.05, 3.63) is 32.9 Å². The van der Waals surface area contributed by atoms with Crippen LogP contribution >= 0.6 is 0 Å². The Labute approximate surface area is 110 Å². The summed E-state index contributed by atoms with van der Waals surface area (Å²) in [6.07, 6.45) is 2.71. The lowest BCUT2D eigenvalue weighted by Gasteiger charge is -2.30. The van der Waals surface area contributed by atoms with Crippen LogP contribution in [-0.2, 0) is 4.74 Å². The third-order valence-electron chi connectivity index (χ3n) is 4.26. The number of nitrogens with one attached hydrogen (secondary N) is 1. The van der Waals surface area contributed by atoms with Gasteiger partial charge in [0.2, 0.25) is 5.82 Å². The molecule has 0 spiro atoms. The number of rotatable bonds is 3. The zero-order chi connectivity index (χ0) is 14.2. The second-order valence-corrected chi connectivity index (χ2v) is 5.12. The standard InChI is InChI=1S/C13H19FN2O3/c1-4-13(5-2)8(3)6-10(19-13)16-7-9(14)11(17)15-12(16)18/h7-8,10H,4-6H2,1-3H3,(H,15,17,18)/t8-,10+/m0/s1. The van der Waals surface area contributed by atoms with Crippen LogP contribution in [-0.4, -0.2) is 15.2 Å². The molecule has 106 valence electrons. The molecule has 5 nitrogen and oxygen atoms in total. The molecule has 0 bridgehead atoms. The maximum atomic E-state index is 13.3. The highest BCUT2D eigenvalue weighted by atomic mass is 19.1. The van der Waals surface area contributed by atoms with E-state index in [0.29, 0.717) is 6.42 Å². The molecule has 19 heavy (non-hydrogen) atoms. The van der Waals surface area contributed by atoms with Crippen molar-refractivity contribution < 1.29 is 9.13 Å². The van der Waals surface area contributed by atoms with Crippen molar-refractivity contribution in [1.82, 2.24) is 9.55 Å². The number of aromatic nitrogens is 2. The number of aromatic amines is 1. The van der Waals surface area contributed by atoms with Crippen molar-refractivity contribution in [2.75, 3.05) is 0 Å². The first-order chi connectivity index (χ1) is 8.93. The van der Waals surface area contributed by atoms with E-state index in [-0.39, 0.29) is 11.5 Å². The van der Waals surface area contributed by atoms with E-state index in [0.717, 1.165) is 23.6 Å². The zero-order valence-electron chi connectivity index (χ0n) is 11.4. The monoisotopic (exact) mass is 270 g/mol. The molecule has 0 saturated carbocycles. The van der Waals surface area contributed by atoms with Crippen LogP contribution in [0.3, 0.4) is 0 Å². The van der Waals surface area contributed by atoms with Gasteiger partial charge in [0, 0.05) is 0 Å². The van der Waals surface area contributed by atoms with Gasteiger partial charge in [-0.3, -0.25) is 14.3 Å². The highest BCUT2D eigenvalue weighted by Gasteiger charge is 2.44. The molecule has 1 aromatic rings. The van der Waals surface area contributed by atoms with Gasteiger partial charge in [-0.25, -0.2) is 4.79 Å². The summed E-state index contributed by atoms with van der Waals surface area (Å²) in [5, 5.41) is 0. The van der Waals surface area contributed by atoms with Gasteiger partial charge in [-0.05, 0) is 25.2 Å². The highest BCUT2D eigenvalue weighted by Crippen LogP contribution is 2.44. The molecule has 1 aliphatic heterocycles. The molecule has 1 saturated heterocycles. The average molecular weight is 270 g/mol. The van der Waals surface area contributed by atoms with Crippen LogP contribution in [0.2, 0.25) is 0 Å². The minimum atomic E-state index is -0.996. The van der Waals surface area contributed by atoms with Crippen molar-refractivity contribution in [3.8, 4) is 0 Å². The smallest absolute Gasteiger partial charge is 0.330 e. The minimum Gasteiger partial charge on any atom is -0.351 e. The third-order valence-corrected chi connectivity index (χ3v) is 4.26. The van der Waals surface area contributed by atoms with Gasteiger partial charge in [0.25, 0.3) is 5.56 Å². The molecule has 1 fully saturated rings. The summed E-state index contributed by atoms with van der Waals surface area (Å²) in [7, 11) is 0. The van der Waals surface area contributed by atoms with E-state index in [1.54, 1.807) is 0 Å². The molecule has 2 rings (SSSR count). The molecule has 1 aliphatic rings. The number of hydrogen-bond donors (Lipinski definition) is 1. The number of nitrogens with zero attached hydrogens (tertiary/aromatic N) is 1. The van der Waals surface area contributed by atoms with Gasteiger partial charge in [-0.15, -0.1) is 0 Å². The fourth-order valence-corrected chi connectivity index (χ4v) is 2.91. The Kier molecular flexibility index (Phi) is 3.62. The molecular formula is C13H19FN2O3. The van der Waals surface area contributed by atoms with Gasteiger partial charge in [-0.2, -0.15) is 4.39 Å². The van der Waals surface area contributed by atoms with Gasteiger partial charge in [-0.1, -0.05) is 20.8 Å². The van der Waals surface area contributed by atoms with Gasteiger partial charge < -0.3 is 4.74 Å². The zero-order valence-corrected chi connectivity index (χ0v) is 11.4. The number of hydrogen-bond acceptors (Lipinski definition) is 3. The van der Waals surface area contributed by atoms with Crippen LogP contribution in [0.1, 0.15) is 46.3 Å². The Morgan fingerprint density at radius 2 is 2.11 bits per heavy atom. The van der Waals surface area contributed by atoms with Crippen LogP contribution in [0.4, 0.5) is 4.39 Å². The third kappa shape index (κ3) is 2.25. The Hall–Kier alpha value is -1.43. The van der Waals surface area contributed by atoms with Gasteiger partial charge >= 0.3 is 5.69 Å². The Morgan fingerprint density at radius 3 is 2.63 bits per heavy atom. The summed E-state index contributed by atoms with van der Waals surface area (Å²) in [4.78, 5) is 24.7. The largest absolute Gasteiger partial charge is 0.351 e. The number of ether oxygens (including phenoxy) is 1. The molecule has 0 aliphatic carbocycles. The summed E-state index contributed by atoms with van der Waals surface area (Å²) in [5.74, 6) is -0.698. The SMILES string of the molecule is CCC1(CC)O[C@@H](n2cc(F)c(=O)[nH]c2=O)C[C@@H]1C. The van der Waals surface area contributed by atoms with E-state index in [2.05, 4.69) is 6.92 Å². The summed E-state index contributed by atoms with van der Waals surface area (Å²) < 4.78 is 20.4. The second-order valence-electron chi connectivity index (χ2n) is 5.12. The summed E-state index contributed by atoms with van der Waals surface area (Å²) in [5.41, 5.74) is -1.91. The van der Waals surface area contributed by atoms with E-state index >= 15 is 0 Å². The first-order valence-electron chi connectivity index (χ1n) is 6.62. The second kappa shape index (κ2) is 4.92. The summed E-state index contributed by atoms with van der Waals surface area (Å²) in [6.45, 7) is 6.15. The highest BCUT2D eigenvalue weighted by molar-refractivity contribution is 4.95. The van der Waals surface area contributed by atoms with Crippen LogP contribution in [0.5, 0.6) is 0 Å². The van der Waals surface area contributed by atoms with Crippen molar-refractivity contribution in [3.63, 3.8) is 0 Å². The van der Waals surface area contributed by atoms with Crippen LogP contribution in [0.25, 0.3) is 0 Å². The number of H-pyrrole nitrogens is 1. The molecule has 2 heterocycles. The van der Waals surface area contributed by atoms with E-state index in [4.69, 9.17) is 4.74 Å². The normalized spacial score (nSPS) is 25.7. The van der Waals surface area contributed by atoms with Crippen molar-refractivity contribution >= 4 is 0 Å². The Balaban J connectivity index is 2.38. The van der Waals surface area contributed by atoms with Gasteiger partial charge in [0.1, 0.15) is 6.23 Å². The molecule has 6 heteroatoms. The molecule has 0 aromatic carbocycles. The first-order valence-corrected chi connectivity index (χ1v) is 6.62. The maximum absolute atomic E-state index is 13.3. The van der Waals surface area contributed by atoms with Crippen LogP contribution in [0.15, 0.2) is 15.8 Å². The van der Waals surface area contributed by atoms with E-state index in [1.807, 2.05) is 18.8 Å². The minimum absolute atomic E-state index is 0.273. The van der Waals surface area contributed by atoms with Crippen molar-refractivity contribution in [2.45, 2.75) is 51.9 Å². The lowest BCUT2D eigenvalue weighted by Crippen LogP contribution is -2.36. The lowest BCUT2D eigenvalue weighted by atomic mass is 9.84. The predicted molar refractivity (Wildman–Crippen MR) is 68.5 cm³/mol. The maximum Gasteiger partial charge on any atom is 0.330 e. The molecular weight excluding hydrogens is 251 g/mol. The molecule has 0 unspecified atom stereocenters. The molecule has 1 N–H and O–H groups in total. The molecule has 0 amide bonds. The quantitative estimate of drug-likeness (QED) is 0.910. The van der Waals surface area contributed by atoms with Crippen molar-refractivity contribution in [2.24, 2.45) is 5.92 Å². The average Bonchev–Trinajstić information content (AvgIpc) is 2.71. The van der Waals surface area contributed by atoms with E-state index in [9.17, 15) is 14.0 Å². The predicted octanol–water partition coefficient (Wildman–Crippen LogP) is 1.79. The first kappa shape index (κ1) is 14.0. The number of halogens is 1. The Morgan fingerprint density at radius 1 is 1.47 bits per heavy atom.